The molecule has 10 saturated heterocycles. The molecule has 14 nitrogen and oxygen atoms in total. The number of amides is 1. The molecule has 10 aliphatic rings. The molecule has 10 bridgehead atoms. The van der Waals surface area contributed by atoms with Gasteiger partial charge in [0.05, 0.1) is 5.71 Å². The molecule has 10 fully saturated rings. The minimum absolute atomic E-state index is 0. The number of ketones is 1. The predicted octanol–water partition coefficient (Wildman–Crippen LogP) is 12.2. The monoisotopic (exact) mass is 1400 g/mol. The molecule has 11 heterocycles. The Morgan fingerprint density at radius 2 is 0.918 bits per heavy atom. The number of carbonyl (C=O) groups excluding carboxylic acids is 2. The van der Waals surface area contributed by atoms with Crippen molar-refractivity contribution in [2.45, 2.75) is 285 Å². The second-order valence-corrected chi connectivity index (χ2v) is 58.2. The van der Waals surface area contributed by atoms with E-state index >= 15 is 0 Å². The summed E-state index contributed by atoms with van der Waals surface area (Å²) in [4.78, 5) is 34.8. The number of rotatable bonds is 4. The first-order chi connectivity index (χ1) is 32.2. The Morgan fingerprint density at radius 3 is 1.27 bits per heavy atom. The molecule has 0 spiro atoms. The Balaban J connectivity index is 0.000000447. The molecule has 0 aromatic carbocycles. The van der Waals surface area contributed by atoms with Crippen LogP contribution in [-0.2, 0) is 14.5 Å². The van der Waals surface area contributed by atoms with Crippen molar-refractivity contribution in [1.29, 1.82) is 0 Å². The molecule has 18 heteroatoms. The Morgan fingerprint density at radius 1 is 0.589 bits per heavy atom. The molecule has 10 atom stereocenters. The van der Waals surface area contributed by atoms with Crippen LogP contribution in [0.5, 0.6) is 0 Å². The van der Waals surface area contributed by atoms with Gasteiger partial charge in [0.1, 0.15) is 17.4 Å². The van der Waals surface area contributed by atoms with E-state index in [1.165, 1.54) is 95.7 Å². The van der Waals surface area contributed by atoms with Gasteiger partial charge in [-0.05, 0) is 145 Å². The number of aryl methyl sites for hydroxylation is 1. The van der Waals surface area contributed by atoms with E-state index in [-0.39, 0.29) is 53.9 Å². The summed E-state index contributed by atoms with van der Waals surface area (Å²) in [6, 6.07) is 8.61. The Kier molecular flexibility index (Phi) is 32.4. The van der Waals surface area contributed by atoms with Crippen LogP contribution in [0.1, 0.15) is 217 Å². The number of hydrogen-bond donors (Lipinski definition) is 3. The first kappa shape index (κ1) is 71.3. The van der Waals surface area contributed by atoms with Crippen LogP contribution in [-0.4, -0.2) is 170 Å². The normalized spacial score (nSPS) is 33.7. The average Bonchev–Trinajstić information content (AvgIpc) is 3.97. The van der Waals surface area contributed by atoms with Gasteiger partial charge in [-0.2, -0.15) is 0 Å². The fourth-order valence-corrected chi connectivity index (χ4v) is 13.7. The zero-order valence-electron chi connectivity index (χ0n) is 43.2. The molecule has 10 unspecified atom stereocenters. The third kappa shape index (κ3) is 19.2. The third-order valence-electron chi connectivity index (χ3n) is 17.9. The third-order valence-corrected chi connectivity index (χ3v) is 17.9. The van der Waals surface area contributed by atoms with E-state index < -0.39 is 0 Å². The molecule has 73 heavy (non-hydrogen) atoms. The molecule has 0 saturated carbocycles. The zero-order valence-corrected chi connectivity index (χ0v) is 51.1. The van der Waals surface area contributed by atoms with E-state index in [1.54, 1.807) is 0 Å². The number of aromatic nitrogens is 3. The molecule has 0 radical (unpaired) electrons. The number of Topliss-reactive ketones (excluding diaryl/α,β-unsaturated/α-hetero) is 1. The van der Waals surface area contributed by atoms with Crippen molar-refractivity contribution >= 4 is 77.3 Å². The summed E-state index contributed by atoms with van der Waals surface area (Å²) in [5, 5.41) is 23.8. The number of halogens is 3. The SMILES string of the molecule is C.C.C.C.C.CC(C)C(=O)NC1CC2CCC(C1)N2C.CN1C2CCC1CC(=NO)C2.CN1C2CCC1CC(=O)C2.CN1C2CCC1CC(N)C2.Cc1nnc(C(C)C)n1C1CC2CCC(C1)N2C.[I][V]([I])[I]. The Bertz CT molecular complexity index is 1730. The summed E-state index contributed by atoms with van der Waals surface area (Å²) in [6.07, 6.45) is 24.0. The first-order valence-corrected chi connectivity index (χ1v) is 39.8. The summed E-state index contributed by atoms with van der Waals surface area (Å²) in [7, 11) is 11.1. The van der Waals surface area contributed by atoms with Gasteiger partial charge < -0.3 is 35.5 Å². The predicted molar refractivity (Wildman–Crippen MR) is 332 cm³/mol. The number of piperidine rings is 5. The van der Waals surface area contributed by atoms with Gasteiger partial charge >= 0.3 is 64.9 Å². The fourth-order valence-electron chi connectivity index (χ4n) is 13.7. The van der Waals surface area contributed by atoms with Gasteiger partial charge in [0, 0.05) is 116 Å². The van der Waals surface area contributed by atoms with Crippen molar-refractivity contribution in [3.63, 3.8) is 0 Å². The molecule has 10 aliphatic heterocycles. The van der Waals surface area contributed by atoms with E-state index in [0.717, 1.165) is 74.2 Å². The van der Waals surface area contributed by atoms with Crippen molar-refractivity contribution in [2.75, 3.05) is 35.2 Å². The van der Waals surface area contributed by atoms with E-state index in [1.807, 2.05) is 13.8 Å². The first-order valence-electron chi connectivity index (χ1n) is 26.3. The maximum atomic E-state index is 11.6. The number of oxime groups is 1. The topological polar surface area (TPSA) is 152 Å². The standard InChI is InChI=1S/C14H24N4.C12H22N2O.C8H14N2O.C8H16N2.C8H13NO.5CH4.3HI.V/c1-9(2)14-16-15-10(3)18(14)13-7-11-5-6-12(8-13)17(11)4;1-8(2)12(15)13-9-6-10-4-5-11(7-9)14(10)3;1-10-7-2-3-8(10)5-6(4-7)9-11;1-10-7-2-3-8(10)5-6(9)4-7;1-9-6-2-3-7(9)5-8(10)4-6;;;;;;;;;/h9,11-13H,5-8H2,1-4H3;8-11H,4-7H2,1-3H3,(H,13,15);7-8,11H,2-5H2,1H3;6-8H,2-5,9H2,1H3;6-7H,2-5H2,1H3;5*1H4;3*1H;/q;;;;;;;;;;;;;+3/p-3. The number of nitrogens with zero attached hydrogens (tertiary/aromatic N) is 9. The van der Waals surface area contributed by atoms with Crippen LogP contribution in [0.15, 0.2) is 5.16 Å². The van der Waals surface area contributed by atoms with Crippen LogP contribution in [0.2, 0.25) is 0 Å². The summed E-state index contributed by atoms with van der Waals surface area (Å²) >= 11 is 7.39. The number of nitrogens with two attached hydrogens (primary N) is 1. The number of hydrogen-bond acceptors (Lipinski definition) is 12. The van der Waals surface area contributed by atoms with Gasteiger partial charge in [-0.3, -0.25) is 19.4 Å². The van der Waals surface area contributed by atoms with Crippen LogP contribution in [0.4, 0.5) is 0 Å². The molecule has 4 N–H and O–H groups in total. The van der Waals surface area contributed by atoms with Gasteiger partial charge in [-0.1, -0.05) is 70.0 Å². The molecule has 1 aromatic heterocycles. The van der Waals surface area contributed by atoms with Crippen LogP contribution >= 0.6 is 59.9 Å². The summed E-state index contributed by atoms with van der Waals surface area (Å²) in [6.45, 7) is 10.4. The van der Waals surface area contributed by atoms with E-state index in [4.69, 9.17) is 10.9 Å². The van der Waals surface area contributed by atoms with Gasteiger partial charge in [-0.25, -0.2) is 0 Å². The van der Waals surface area contributed by atoms with Crippen molar-refractivity contribution in [2.24, 2.45) is 16.8 Å². The quantitative estimate of drug-likeness (QED) is 0.150. The van der Waals surface area contributed by atoms with E-state index in [2.05, 4.69) is 166 Å². The molecule has 0 aliphatic carbocycles. The Labute approximate surface area is 485 Å². The summed E-state index contributed by atoms with van der Waals surface area (Å²) in [5.74, 6) is 3.52. The fraction of sp³-hybridized carbons (Fsp3) is 0.909. The number of nitrogens with one attached hydrogen (secondary N) is 1. The molecular weight excluding hydrogens is 1290 g/mol. The molecule has 1 aromatic rings. The summed E-state index contributed by atoms with van der Waals surface area (Å²) in [5.41, 5.74) is 6.89. The van der Waals surface area contributed by atoms with Crippen molar-refractivity contribution in [3.05, 3.63) is 11.6 Å². The van der Waals surface area contributed by atoms with E-state index in [9.17, 15) is 9.59 Å². The van der Waals surface area contributed by atoms with Gasteiger partial charge in [-0.15, -0.1) is 10.2 Å². The van der Waals surface area contributed by atoms with E-state index in [0.29, 0.717) is 66.1 Å². The van der Waals surface area contributed by atoms with Gasteiger partial charge in [0.25, 0.3) is 0 Å². The van der Waals surface area contributed by atoms with Crippen LogP contribution in [0.25, 0.3) is 0 Å². The molecule has 1 amide bonds. The second-order valence-electron chi connectivity index (χ2n) is 22.8. The molecule has 428 valence electrons. The molecular formula is C55H109I3N11O3V. The average molecular weight is 1400 g/mol. The number of fused-ring (bicyclic) bond motifs is 10. The van der Waals surface area contributed by atoms with Crippen LogP contribution in [0, 0.1) is 12.8 Å². The van der Waals surface area contributed by atoms with Crippen LogP contribution in [0.3, 0.4) is 0 Å². The number of carbonyl (C=O) groups is 2. The second kappa shape index (κ2) is 33.1. The van der Waals surface area contributed by atoms with Crippen molar-refractivity contribution in [1.82, 2.24) is 44.6 Å². The van der Waals surface area contributed by atoms with Gasteiger partial charge in [0.2, 0.25) is 5.91 Å². The van der Waals surface area contributed by atoms with Crippen LogP contribution < -0.4 is 11.1 Å². The maximum absolute atomic E-state index is 11.6. The summed E-state index contributed by atoms with van der Waals surface area (Å²) < 4.78 is 2.42. The minimum atomic E-state index is -0.278. The van der Waals surface area contributed by atoms with Crippen molar-refractivity contribution < 1.29 is 19.7 Å². The molecule has 11 rings (SSSR count). The Hall–Kier alpha value is 0.284. The van der Waals surface area contributed by atoms with Crippen molar-refractivity contribution in [3.8, 4) is 0 Å². The zero-order chi connectivity index (χ0) is 49.6. The van der Waals surface area contributed by atoms with Gasteiger partial charge in [0.15, 0.2) is 0 Å².